The van der Waals surface area contributed by atoms with Crippen LogP contribution in [0.3, 0.4) is 0 Å². The summed E-state index contributed by atoms with van der Waals surface area (Å²) in [7, 11) is -0.969. The molecule has 0 fully saturated rings. The summed E-state index contributed by atoms with van der Waals surface area (Å²) in [4.78, 5) is 12.0. The van der Waals surface area contributed by atoms with E-state index in [0.717, 1.165) is 5.76 Å². The molecular formula is C22H24ClN3O5S. The zero-order valence-electron chi connectivity index (χ0n) is 18.0. The third-order valence-electron chi connectivity index (χ3n) is 4.78. The number of rotatable bonds is 8. The van der Waals surface area contributed by atoms with Crippen LogP contribution in [-0.2, 0) is 14.8 Å². The molecule has 1 atom stereocenters. The van der Waals surface area contributed by atoms with Crippen LogP contribution < -0.4 is 20.1 Å². The van der Waals surface area contributed by atoms with Gasteiger partial charge in [-0.2, -0.15) is 0 Å². The number of likely N-dealkylation sites (N-methyl/N-ethyl adjacent to an activating group) is 1. The summed E-state index contributed by atoms with van der Waals surface area (Å²) >= 11 is 6.31. The molecule has 0 radical (unpaired) electrons. The van der Waals surface area contributed by atoms with E-state index in [9.17, 15) is 13.2 Å². The second-order valence-corrected chi connectivity index (χ2v) is 9.13. The smallest absolute Gasteiger partial charge is 0.263 e. The molecule has 0 aliphatic carbocycles. The Morgan fingerprint density at radius 2 is 1.88 bits per heavy atom. The Labute approximate surface area is 192 Å². The number of ether oxygens (including phenoxy) is 1. The highest BCUT2D eigenvalue weighted by Gasteiger charge is 2.21. The van der Waals surface area contributed by atoms with Gasteiger partial charge in [-0.3, -0.25) is 9.52 Å². The van der Waals surface area contributed by atoms with E-state index in [4.69, 9.17) is 20.8 Å². The molecule has 1 heterocycles. The van der Waals surface area contributed by atoms with Crippen molar-refractivity contribution in [3.05, 3.63) is 59.3 Å². The van der Waals surface area contributed by atoms with E-state index in [0.29, 0.717) is 17.0 Å². The third-order valence-corrected chi connectivity index (χ3v) is 6.63. The van der Waals surface area contributed by atoms with Gasteiger partial charge in [0.2, 0.25) is 5.91 Å². The van der Waals surface area contributed by atoms with Crippen LogP contribution in [0.4, 0.5) is 11.4 Å². The first-order valence-corrected chi connectivity index (χ1v) is 11.6. The number of aryl methyl sites for hydroxylation is 1. The van der Waals surface area contributed by atoms with Crippen molar-refractivity contribution >= 4 is 38.9 Å². The quantitative estimate of drug-likeness (QED) is 0.447. The summed E-state index contributed by atoms with van der Waals surface area (Å²) in [6.45, 7) is 3.52. The van der Waals surface area contributed by atoms with Crippen LogP contribution in [0.25, 0.3) is 11.3 Å². The van der Waals surface area contributed by atoms with Gasteiger partial charge in [-0.25, -0.2) is 8.42 Å². The van der Waals surface area contributed by atoms with Gasteiger partial charge in [0.05, 0.1) is 23.9 Å². The average molecular weight is 478 g/mol. The van der Waals surface area contributed by atoms with E-state index < -0.39 is 16.1 Å². The van der Waals surface area contributed by atoms with Gasteiger partial charge in [0.25, 0.3) is 10.0 Å². The topological polar surface area (TPSA) is 110 Å². The van der Waals surface area contributed by atoms with Gasteiger partial charge in [-0.15, -0.1) is 0 Å². The Morgan fingerprint density at radius 3 is 2.47 bits per heavy atom. The number of nitrogens with one attached hydrogen (secondary N) is 3. The molecule has 0 bridgehead atoms. The average Bonchev–Trinajstić information content (AvgIpc) is 3.19. The van der Waals surface area contributed by atoms with E-state index in [2.05, 4.69) is 15.4 Å². The summed E-state index contributed by atoms with van der Waals surface area (Å²) in [6, 6.07) is 12.4. The van der Waals surface area contributed by atoms with Gasteiger partial charge in [0.1, 0.15) is 22.2 Å². The van der Waals surface area contributed by atoms with Crippen LogP contribution >= 0.6 is 11.6 Å². The van der Waals surface area contributed by atoms with Gasteiger partial charge >= 0.3 is 0 Å². The number of halogens is 1. The monoisotopic (exact) mass is 477 g/mol. The van der Waals surface area contributed by atoms with Crippen molar-refractivity contribution in [2.45, 2.75) is 24.8 Å². The van der Waals surface area contributed by atoms with E-state index in [1.54, 1.807) is 38.2 Å². The molecule has 32 heavy (non-hydrogen) atoms. The fraction of sp³-hybridized carbons (Fsp3) is 0.227. The first-order chi connectivity index (χ1) is 15.1. The Hall–Kier alpha value is -3.01. The molecule has 0 saturated heterocycles. The number of carbonyl (C=O) groups excluding carboxylic acids is 1. The second kappa shape index (κ2) is 9.64. The Balaban J connectivity index is 1.90. The minimum Gasteiger partial charge on any atom is -0.495 e. The summed E-state index contributed by atoms with van der Waals surface area (Å²) < 4.78 is 39.4. The highest BCUT2D eigenvalue weighted by Crippen LogP contribution is 2.33. The van der Waals surface area contributed by atoms with Crippen LogP contribution in [0.1, 0.15) is 12.7 Å². The molecule has 0 unspecified atom stereocenters. The van der Waals surface area contributed by atoms with Crippen molar-refractivity contribution in [2.75, 3.05) is 24.2 Å². The molecular weight excluding hydrogens is 454 g/mol. The fourth-order valence-electron chi connectivity index (χ4n) is 2.91. The number of amides is 1. The van der Waals surface area contributed by atoms with Crippen molar-refractivity contribution in [3.8, 4) is 17.1 Å². The van der Waals surface area contributed by atoms with Gasteiger partial charge < -0.3 is 19.8 Å². The standard InChI is InChI=1S/C22H24ClN3O5S/c1-13-5-8-19(31-13)15-6-10-21(17(23)11-15)32(28,29)26-18-12-16(7-9-20(18)30-4)25-22(27)14(2)24-3/h5-12,14,24,26H,1-4H3,(H,25,27)/t14-/m1/s1. The molecule has 3 N–H and O–H groups in total. The van der Waals surface area contributed by atoms with Crippen LogP contribution in [0.2, 0.25) is 5.02 Å². The minimum absolute atomic E-state index is 0.0373. The first-order valence-electron chi connectivity index (χ1n) is 9.70. The lowest BCUT2D eigenvalue weighted by atomic mass is 10.2. The lowest BCUT2D eigenvalue weighted by molar-refractivity contribution is -0.117. The van der Waals surface area contributed by atoms with E-state index in [-0.39, 0.29) is 27.3 Å². The van der Waals surface area contributed by atoms with Crippen molar-refractivity contribution < 1.29 is 22.4 Å². The van der Waals surface area contributed by atoms with Crippen molar-refractivity contribution in [3.63, 3.8) is 0 Å². The van der Waals surface area contributed by atoms with Crippen LogP contribution in [0.5, 0.6) is 5.75 Å². The van der Waals surface area contributed by atoms with Crippen LogP contribution in [0.15, 0.2) is 57.8 Å². The zero-order chi connectivity index (χ0) is 23.5. The number of furan rings is 1. The second-order valence-electron chi connectivity index (χ2n) is 7.08. The summed E-state index contributed by atoms with van der Waals surface area (Å²) in [5.41, 5.74) is 1.22. The molecule has 170 valence electrons. The number of hydrogen-bond donors (Lipinski definition) is 3. The molecule has 2 aromatic carbocycles. The number of methoxy groups -OCH3 is 1. The Bertz CT molecular complexity index is 1240. The predicted octanol–water partition coefficient (Wildman–Crippen LogP) is 4.26. The molecule has 1 amide bonds. The Kier molecular flexibility index (Phi) is 7.12. The number of carbonyl (C=O) groups is 1. The maximum atomic E-state index is 13.1. The van der Waals surface area contributed by atoms with E-state index in [1.165, 1.54) is 25.3 Å². The third kappa shape index (κ3) is 5.24. The van der Waals surface area contributed by atoms with Gasteiger partial charge in [-0.1, -0.05) is 11.6 Å². The van der Waals surface area contributed by atoms with E-state index >= 15 is 0 Å². The molecule has 0 aliphatic heterocycles. The number of anilines is 2. The Morgan fingerprint density at radius 1 is 1.12 bits per heavy atom. The molecule has 10 heteroatoms. The maximum Gasteiger partial charge on any atom is 0.263 e. The van der Waals surface area contributed by atoms with Crippen molar-refractivity contribution in [1.82, 2.24) is 5.32 Å². The highest BCUT2D eigenvalue weighted by atomic mass is 35.5. The van der Waals surface area contributed by atoms with E-state index in [1.807, 2.05) is 13.0 Å². The fourth-order valence-corrected chi connectivity index (χ4v) is 4.52. The summed E-state index contributed by atoms with van der Waals surface area (Å²) in [5, 5.41) is 5.59. The molecule has 0 spiro atoms. The highest BCUT2D eigenvalue weighted by molar-refractivity contribution is 7.92. The molecule has 0 aliphatic rings. The zero-order valence-corrected chi connectivity index (χ0v) is 19.6. The molecule has 1 aromatic heterocycles. The molecule has 0 saturated carbocycles. The molecule has 8 nitrogen and oxygen atoms in total. The predicted molar refractivity (Wildman–Crippen MR) is 125 cm³/mol. The maximum absolute atomic E-state index is 13.1. The van der Waals surface area contributed by atoms with Gasteiger partial charge in [-0.05, 0) is 69.4 Å². The number of sulfonamides is 1. The van der Waals surface area contributed by atoms with Gasteiger partial charge in [0.15, 0.2) is 0 Å². The van der Waals surface area contributed by atoms with Crippen LogP contribution in [-0.4, -0.2) is 34.5 Å². The first kappa shape index (κ1) is 23.6. The van der Waals surface area contributed by atoms with Crippen molar-refractivity contribution in [2.24, 2.45) is 0 Å². The summed E-state index contributed by atoms with van der Waals surface area (Å²) in [5.74, 6) is 1.34. The number of hydrogen-bond acceptors (Lipinski definition) is 6. The SMILES string of the molecule is CN[C@H](C)C(=O)Nc1ccc(OC)c(NS(=O)(=O)c2ccc(-c3ccc(C)o3)cc2Cl)c1. The summed E-state index contributed by atoms with van der Waals surface area (Å²) in [6.07, 6.45) is 0. The largest absolute Gasteiger partial charge is 0.495 e. The lowest BCUT2D eigenvalue weighted by Gasteiger charge is -2.16. The minimum atomic E-state index is -4.05. The van der Waals surface area contributed by atoms with Gasteiger partial charge in [0, 0.05) is 11.3 Å². The number of benzene rings is 2. The lowest BCUT2D eigenvalue weighted by Crippen LogP contribution is -2.35. The normalized spacial score (nSPS) is 12.3. The van der Waals surface area contributed by atoms with Crippen molar-refractivity contribution in [1.29, 1.82) is 0 Å². The molecule has 3 rings (SSSR count). The molecule has 3 aromatic rings. The van der Waals surface area contributed by atoms with Crippen LogP contribution in [0, 0.1) is 6.92 Å².